The second kappa shape index (κ2) is 9.35. The Bertz CT molecular complexity index is 820. The van der Waals surface area contributed by atoms with E-state index in [0.717, 1.165) is 43.1 Å². The number of carbonyl (C=O) groups is 1. The predicted octanol–water partition coefficient (Wildman–Crippen LogP) is 3.37. The number of hydrogen-bond acceptors (Lipinski definition) is 5. The highest BCUT2D eigenvalue weighted by Crippen LogP contribution is 2.19. The van der Waals surface area contributed by atoms with Crippen LogP contribution in [0.3, 0.4) is 0 Å². The molecule has 0 spiro atoms. The number of rotatable bonds is 6. The first-order valence-electron chi connectivity index (χ1n) is 10.5. The number of aryl methyl sites for hydroxylation is 1. The van der Waals surface area contributed by atoms with Crippen molar-refractivity contribution >= 4 is 11.7 Å². The van der Waals surface area contributed by atoms with Gasteiger partial charge < -0.3 is 9.80 Å². The van der Waals surface area contributed by atoms with Crippen LogP contribution in [-0.4, -0.2) is 64.4 Å². The largest absolute Gasteiger partial charge is 0.354 e. The van der Waals surface area contributed by atoms with Gasteiger partial charge in [0.15, 0.2) is 0 Å². The third-order valence-corrected chi connectivity index (χ3v) is 5.84. The average Bonchev–Trinajstić information content (AvgIpc) is 2.74. The Morgan fingerprint density at radius 2 is 2.03 bits per heavy atom. The highest BCUT2D eigenvalue weighted by Gasteiger charge is 2.30. The molecule has 1 fully saturated rings. The van der Waals surface area contributed by atoms with Crippen molar-refractivity contribution in [2.45, 2.75) is 52.7 Å². The Morgan fingerprint density at radius 1 is 1.24 bits per heavy atom. The minimum Gasteiger partial charge on any atom is -0.354 e. The van der Waals surface area contributed by atoms with Gasteiger partial charge in [-0.15, -0.1) is 0 Å². The molecule has 0 aromatic carbocycles. The number of carbonyl (C=O) groups excluding carboxylic acids is 1. The van der Waals surface area contributed by atoms with Crippen LogP contribution in [0.1, 0.15) is 48.8 Å². The zero-order valence-corrected chi connectivity index (χ0v) is 18.3. The van der Waals surface area contributed by atoms with Gasteiger partial charge in [0, 0.05) is 51.2 Å². The number of pyridine rings is 2. The van der Waals surface area contributed by atoms with E-state index in [-0.39, 0.29) is 5.91 Å². The number of piperazine rings is 1. The van der Waals surface area contributed by atoms with Crippen LogP contribution in [0.2, 0.25) is 0 Å². The van der Waals surface area contributed by atoms with Crippen molar-refractivity contribution in [3.05, 3.63) is 53.5 Å². The molecule has 0 bridgehead atoms. The maximum absolute atomic E-state index is 13.0. The van der Waals surface area contributed by atoms with Gasteiger partial charge in [-0.2, -0.15) is 0 Å². The average molecular weight is 396 g/mol. The molecule has 0 saturated carbocycles. The quantitative estimate of drug-likeness (QED) is 0.751. The van der Waals surface area contributed by atoms with E-state index >= 15 is 0 Å². The maximum Gasteiger partial charge on any atom is 0.255 e. The third-order valence-electron chi connectivity index (χ3n) is 5.84. The summed E-state index contributed by atoms with van der Waals surface area (Å²) >= 11 is 0. The minimum atomic E-state index is 0.0779. The molecular weight excluding hydrogens is 362 g/mol. The molecule has 0 aliphatic carbocycles. The first-order valence-corrected chi connectivity index (χ1v) is 10.5. The van der Waals surface area contributed by atoms with Crippen LogP contribution in [-0.2, 0) is 6.54 Å². The van der Waals surface area contributed by atoms with Gasteiger partial charge in [-0.1, -0.05) is 13.0 Å². The van der Waals surface area contributed by atoms with Crippen LogP contribution in [0.4, 0.5) is 5.82 Å². The second-order valence-electron chi connectivity index (χ2n) is 8.17. The summed E-state index contributed by atoms with van der Waals surface area (Å²) < 4.78 is 0. The topological polar surface area (TPSA) is 52.6 Å². The molecule has 0 radical (unpaired) electrons. The van der Waals surface area contributed by atoms with E-state index in [0.29, 0.717) is 24.2 Å². The summed E-state index contributed by atoms with van der Waals surface area (Å²) in [4.78, 5) is 28.5. The predicted molar refractivity (Wildman–Crippen MR) is 117 cm³/mol. The van der Waals surface area contributed by atoms with Crippen LogP contribution in [0.15, 0.2) is 36.7 Å². The summed E-state index contributed by atoms with van der Waals surface area (Å²) in [6.45, 7) is 11.9. The van der Waals surface area contributed by atoms with E-state index in [1.54, 1.807) is 6.20 Å². The zero-order chi connectivity index (χ0) is 21.0. The van der Waals surface area contributed by atoms with Gasteiger partial charge in [0.1, 0.15) is 5.82 Å². The minimum absolute atomic E-state index is 0.0779. The van der Waals surface area contributed by atoms with Crippen molar-refractivity contribution in [2.24, 2.45) is 0 Å². The van der Waals surface area contributed by atoms with Crippen molar-refractivity contribution in [3.63, 3.8) is 0 Å². The Hall–Kier alpha value is -2.47. The highest BCUT2D eigenvalue weighted by atomic mass is 16.2. The summed E-state index contributed by atoms with van der Waals surface area (Å²) in [7, 11) is 1.99. The van der Waals surface area contributed by atoms with Crippen molar-refractivity contribution in [2.75, 3.05) is 31.6 Å². The molecule has 2 aromatic heterocycles. The van der Waals surface area contributed by atoms with E-state index in [1.165, 1.54) is 0 Å². The monoisotopic (exact) mass is 395 g/mol. The highest BCUT2D eigenvalue weighted by molar-refractivity contribution is 5.94. The van der Waals surface area contributed by atoms with E-state index in [9.17, 15) is 4.79 Å². The van der Waals surface area contributed by atoms with Gasteiger partial charge in [-0.05, 0) is 51.0 Å². The SMILES string of the molecule is CCC1CN(C(=O)c2ccc(N(C)Cc3ncccc3C)nc2)CCN1C(C)C. The second-order valence-corrected chi connectivity index (χ2v) is 8.17. The molecule has 2 aromatic rings. The molecular formula is C23H33N5O. The van der Waals surface area contributed by atoms with Gasteiger partial charge in [0.05, 0.1) is 17.8 Å². The molecule has 6 nitrogen and oxygen atoms in total. The molecule has 1 aliphatic rings. The van der Waals surface area contributed by atoms with Crippen molar-refractivity contribution < 1.29 is 4.79 Å². The lowest BCUT2D eigenvalue weighted by Gasteiger charge is -2.43. The summed E-state index contributed by atoms with van der Waals surface area (Å²) in [5.41, 5.74) is 2.85. The Kier molecular flexibility index (Phi) is 6.85. The van der Waals surface area contributed by atoms with E-state index in [1.807, 2.05) is 36.3 Å². The molecule has 156 valence electrons. The van der Waals surface area contributed by atoms with Crippen LogP contribution < -0.4 is 4.90 Å². The molecule has 6 heteroatoms. The van der Waals surface area contributed by atoms with Crippen molar-refractivity contribution in [1.29, 1.82) is 0 Å². The lowest BCUT2D eigenvalue weighted by molar-refractivity contribution is 0.0371. The van der Waals surface area contributed by atoms with Gasteiger partial charge in [0.25, 0.3) is 5.91 Å². The van der Waals surface area contributed by atoms with E-state index in [4.69, 9.17) is 0 Å². The van der Waals surface area contributed by atoms with Gasteiger partial charge in [-0.3, -0.25) is 14.7 Å². The van der Waals surface area contributed by atoms with Crippen molar-refractivity contribution in [1.82, 2.24) is 19.8 Å². The fourth-order valence-corrected chi connectivity index (χ4v) is 4.01. The standard InChI is InChI=1S/C23H33N5O/c1-6-20-15-27(12-13-28(20)17(2)3)23(29)19-9-10-22(25-14-19)26(5)16-21-18(4)8-7-11-24-21/h7-11,14,17,20H,6,12-13,15-16H2,1-5H3. The maximum atomic E-state index is 13.0. The number of aromatic nitrogens is 2. The van der Waals surface area contributed by atoms with Gasteiger partial charge >= 0.3 is 0 Å². The fourth-order valence-electron chi connectivity index (χ4n) is 4.01. The molecule has 1 aliphatic heterocycles. The first-order chi connectivity index (χ1) is 13.9. The number of anilines is 1. The fraction of sp³-hybridized carbons (Fsp3) is 0.522. The van der Waals surface area contributed by atoms with E-state index in [2.05, 4.69) is 53.5 Å². The van der Waals surface area contributed by atoms with Crippen LogP contribution in [0.25, 0.3) is 0 Å². The van der Waals surface area contributed by atoms with E-state index < -0.39 is 0 Å². The lowest BCUT2D eigenvalue weighted by atomic mass is 10.1. The van der Waals surface area contributed by atoms with Crippen molar-refractivity contribution in [3.8, 4) is 0 Å². The summed E-state index contributed by atoms with van der Waals surface area (Å²) in [6.07, 6.45) is 4.57. The van der Waals surface area contributed by atoms with Gasteiger partial charge in [0.2, 0.25) is 0 Å². The summed E-state index contributed by atoms with van der Waals surface area (Å²) in [5, 5.41) is 0. The number of nitrogens with zero attached hydrogens (tertiary/aromatic N) is 5. The molecule has 1 saturated heterocycles. The molecule has 29 heavy (non-hydrogen) atoms. The molecule has 0 N–H and O–H groups in total. The van der Waals surface area contributed by atoms with Crippen LogP contribution in [0, 0.1) is 6.92 Å². The Balaban J connectivity index is 1.65. The molecule has 1 atom stereocenters. The Morgan fingerprint density at radius 3 is 2.66 bits per heavy atom. The number of amides is 1. The lowest BCUT2D eigenvalue weighted by Crippen LogP contribution is -2.56. The number of hydrogen-bond donors (Lipinski definition) is 0. The molecule has 1 unspecified atom stereocenters. The molecule has 1 amide bonds. The smallest absolute Gasteiger partial charge is 0.255 e. The summed E-state index contributed by atoms with van der Waals surface area (Å²) in [6, 6.07) is 8.76. The molecule has 3 heterocycles. The normalized spacial score (nSPS) is 17.6. The van der Waals surface area contributed by atoms with Crippen LogP contribution >= 0.6 is 0 Å². The first kappa shape index (κ1) is 21.2. The molecule has 3 rings (SSSR count). The Labute approximate surface area is 174 Å². The summed E-state index contributed by atoms with van der Waals surface area (Å²) in [5.74, 6) is 0.914. The zero-order valence-electron chi connectivity index (χ0n) is 18.3. The third kappa shape index (κ3) is 4.93. The van der Waals surface area contributed by atoms with Crippen LogP contribution in [0.5, 0.6) is 0 Å². The van der Waals surface area contributed by atoms with Gasteiger partial charge in [-0.25, -0.2) is 4.98 Å².